The summed E-state index contributed by atoms with van der Waals surface area (Å²) in [5.41, 5.74) is -0.0694. The van der Waals surface area contributed by atoms with E-state index in [1.807, 2.05) is 6.07 Å². The van der Waals surface area contributed by atoms with Crippen LogP contribution < -0.4 is 0 Å². The molecule has 86 valence electrons. The van der Waals surface area contributed by atoms with Crippen LogP contribution in [-0.4, -0.2) is 15.3 Å². The van der Waals surface area contributed by atoms with Gasteiger partial charge in [-0.15, -0.1) is 23.2 Å². The fraction of sp³-hybridized carbons (Fsp3) is 0.455. The molecule has 0 spiro atoms. The maximum absolute atomic E-state index is 11.7. The van der Waals surface area contributed by atoms with Gasteiger partial charge in [0.05, 0.1) is 5.69 Å². The largest absolute Gasteiger partial charge is 0.459 e. The molecule has 1 unspecified atom stereocenters. The number of esters is 1. The number of aromatic nitrogens is 1. The molecule has 0 radical (unpaired) electrons. The van der Waals surface area contributed by atoms with Crippen molar-refractivity contribution in [3.8, 4) is 0 Å². The summed E-state index contributed by atoms with van der Waals surface area (Å²) in [5.74, 6) is -0.372. The van der Waals surface area contributed by atoms with Crippen molar-refractivity contribution in [2.24, 2.45) is 5.41 Å². The lowest BCUT2D eigenvalue weighted by Gasteiger charge is -2.11. The topological polar surface area (TPSA) is 39.2 Å². The molecule has 0 amide bonds. The van der Waals surface area contributed by atoms with Gasteiger partial charge in [-0.3, -0.25) is 9.78 Å². The van der Waals surface area contributed by atoms with Gasteiger partial charge in [0.1, 0.15) is 16.4 Å². The zero-order valence-electron chi connectivity index (χ0n) is 8.74. The van der Waals surface area contributed by atoms with Crippen molar-refractivity contribution in [1.29, 1.82) is 0 Å². The maximum atomic E-state index is 11.7. The number of carbonyl (C=O) groups is 1. The lowest BCUT2D eigenvalue weighted by molar-refractivity contribution is -0.151. The summed E-state index contributed by atoms with van der Waals surface area (Å²) in [7, 11) is 0. The predicted molar refractivity (Wildman–Crippen MR) is 61.2 cm³/mol. The van der Waals surface area contributed by atoms with Gasteiger partial charge in [-0.2, -0.15) is 0 Å². The van der Waals surface area contributed by atoms with E-state index in [4.69, 9.17) is 27.9 Å². The summed E-state index contributed by atoms with van der Waals surface area (Å²) < 4.78 is 4.14. The highest BCUT2D eigenvalue weighted by molar-refractivity contribution is 6.53. The van der Waals surface area contributed by atoms with E-state index >= 15 is 0 Å². The molecule has 0 saturated heterocycles. The Hall–Kier alpha value is -0.800. The van der Waals surface area contributed by atoms with E-state index in [9.17, 15) is 4.79 Å². The van der Waals surface area contributed by atoms with Crippen LogP contribution in [0, 0.1) is 5.41 Å². The zero-order chi connectivity index (χ0) is 11.8. The molecule has 1 aromatic heterocycles. The minimum absolute atomic E-state index is 0.152. The summed E-state index contributed by atoms with van der Waals surface area (Å²) in [5, 5.41) is 0. The van der Waals surface area contributed by atoms with E-state index in [-0.39, 0.29) is 12.6 Å². The van der Waals surface area contributed by atoms with Crippen molar-refractivity contribution in [2.75, 3.05) is 0 Å². The number of alkyl halides is 2. The molecule has 16 heavy (non-hydrogen) atoms. The minimum Gasteiger partial charge on any atom is -0.459 e. The maximum Gasteiger partial charge on any atom is 0.315 e. The van der Waals surface area contributed by atoms with Crippen LogP contribution >= 0.6 is 23.2 Å². The first kappa shape index (κ1) is 11.7. The first-order valence-corrected chi connectivity index (χ1v) is 5.66. The van der Waals surface area contributed by atoms with Crippen LogP contribution in [0.25, 0.3) is 0 Å². The normalized spacial score (nSPS) is 26.2. The molecule has 3 nitrogen and oxygen atoms in total. The number of hydrogen-bond donors (Lipinski definition) is 0. The molecule has 0 aromatic carbocycles. The third kappa shape index (κ3) is 2.02. The standard InChI is InChI=1S/C11H11Cl2NO2/c1-10(7-11(10,12)13)9(15)16-6-8-4-2-3-5-14-8/h2-5H,6-7H2,1H3. The van der Waals surface area contributed by atoms with Gasteiger partial charge in [-0.25, -0.2) is 0 Å². The van der Waals surface area contributed by atoms with Crippen molar-refractivity contribution in [2.45, 2.75) is 24.3 Å². The van der Waals surface area contributed by atoms with E-state index in [0.29, 0.717) is 12.1 Å². The predicted octanol–water partition coefficient (Wildman–Crippen LogP) is 2.71. The van der Waals surface area contributed by atoms with E-state index < -0.39 is 9.75 Å². The summed E-state index contributed by atoms with van der Waals surface area (Å²) >= 11 is 11.7. The van der Waals surface area contributed by atoms with Gasteiger partial charge in [-0.05, 0) is 19.1 Å². The van der Waals surface area contributed by atoms with Gasteiger partial charge in [0.15, 0.2) is 0 Å². The van der Waals surface area contributed by atoms with Gasteiger partial charge in [0.2, 0.25) is 0 Å². The Morgan fingerprint density at radius 1 is 1.56 bits per heavy atom. The van der Waals surface area contributed by atoms with Crippen molar-refractivity contribution < 1.29 is 9.53 Å². The summed E-state index contributed by atoms with van der Waals surface area (Å²) in [4.78, 5) is 15.7. The van der Waals surface area contributed by atoms with E-state index in [0.717, 1.165) is 0 Å². The van der Waals surface area contributed by atoms with Crippen LogP contribution in [-0.2, 0) is 16.1 Å². The Morgan fingerprint density at radius 3 is 2.75 bits per heavy atom. The first-order chi connectivity index (χ1) is 7.46. The van der Waals surface area contributed by atoms with Crippen LogP contribution in [0.3, 0.4) is 0 Å². The SMILES string of the molecule is CC1(C(=O)OCc2ccccn2)CC1(Cl)Cl. The van der Waals surface area contributed by atoms with Crippen LogP contribution in [0.2, 0.25) is 0 Å². The van der Waals surface area contributed by atoms with Crippen LogP contribution in [0.4, 0.5) is 0 Å². The van der Waals surface area contributed by atoms with Crippen molar-refractivity contribution >= 4 is 29.2 Å². The summed E-state index contributed by atoms with van der Waals surface area (Å²) in [6.45, 7) is 1.85. The highest BCUT2D eigenvalue weighted by Gasteiger charge is 2.69. The molecule has 1 heterocycles. The molecule has 0 bridgehead atoms. The second kappa shape index (κ2) is 3.90. The van der Waals surface area contributed by atoms with E-state index in [1.165, 1.54) is 0 Å². The molecule has 1 atom stereocenters. The lowest BCUT2D eigenvalue weighted by atomic mass is 10.1. The zero-order valence-corrected chi connectivity index (χ0v) is 10.3. The van der Waals surface area contributed by atoms with Gasteiger partial charge in [-0.1, -0.05) is 6.07 Å². The number of pyridine rings is 1. The highest BCUT2D eigenvalue weighted by atomic mass is 35.5. The van der Waals surface area contributed by atoms with E-state index in [1.54, 1.807) is 25.3 Å². The van der Waals surface area contributed by atoms with Gasteiger partial charge in [0, 0.05) is 12.6 Å². The second-order valence-electron chi connectivity index (χ2n) is 4.11. The number of hydrogen-bond acceptors (Lipinski definition) is 3. The summed E-state index contributed by atoms with van der Waals surface area (Å²) in [6.07, 6.45) is 2.08. The Morgan fingerprint density at radius 2 is 2.25 bits per heavy atom. The molecule has 1 aliphatic rings. The molecule has 1 saturated carbocycles. The number of nitrogens with zero attached hydrogens (tertiary/aromatic N) is 1. The third-order valence-corrected chi connectivity index (χ3v) is 3.89. The number of rotatable bonds is 3. The summed E-state index contributed by atoms with van der Waals surface area (Å²) in [6, 6.07) is 5.43. The minimum atomic E-state index is -0.978. The van der Waals surface area contributed by atoms with Gasteiger partial charge >= 0.3 is 5.97 Å². The lowest BCUT2D eigenvalue weighted by Crippen LogP contribution is -2.21. The average molecular weight is 260 g/mol. The number of ether oxygens (including phenoxy) is 1. The van der Waals surface area contributed by atoms with Crippen LogP contribution in [0.5, 0.6) is 0 Å². The molecule has 2 rings (SSSR count). The molecule has 0 aliphatic heterocycles. The molecular weight excluding hydrogens is 249 g/mol. The Kier molecular flexibility index (Phi) is 2.84. The second-order valence-corrected chi connectivity index (χ2v) is 5.59. The third-order valence-electron chi connectivity index (χ3n) is 2.79. The Labute approximate surface area is 104 Å². The molecule has 1 aromatic rings. The van der Waals surface area contributed by atoms with Gasteiger partial charge in [0.25, 0.3) is 0 Å². The highest BCUT2D eigenvalue weighted by Crippen LogP contribution is 2.64. The van der Waals surface area contributed by atoms with Gasteiger partial charge < -0.3 is 4.74 Å². The van der Waals surface area contributed by atoms with Crippen molar-refractivity contribution in [1.82, 2.24) is 4.98 Å². The first-order valence-electron chi connectivity index (χ1n) is 4.91. The molecule has 1 fully saturated rings. The van der Waals surface area contributed by atoms with Crippen LogP contribution in [0.1, 0.15) is 19.0 Å². The fourth-order valence-corrected chi connectivity index (χ4v) is 2.09. The molecular formula is C11H11Cl2NO2. The quantitative estimate of drug-likeness (QED) is 0.619. The average Bonchev–Trinajstić information content (AvgIpc) is 2.78. The molecule has 5 heteroatoms. The Bertz CT molecular complexity index is 408. The number of halogens is 2. The fourth-order valence-electron chi connectivity index (χ4n) is 1.40. The smallest absolute Gasteiger partial charge is 0.315 e. The monoisotopic (exact) mass is 259 g/mol. The van der Waals surface area contributed by atoms with Crippen molar-refractivity contribution in [3.63, 3.8) is 0 Å². The van der Waals surface area contributed by atoms with Crippen molar-refractivity contribution in [3.05, 3.63) is 30.1 Å². The van der Waals surface area contributed by atoms with Crippen LogP contribution in [0.15, 0.2) is 24.4 Å². The molecule has 0 N–H and O–H groups in total. The Balaban J connectivity index is 1.91. The number of carbonyl (C=O) groups excluding carboxylic acids is 1. The van der Waals surface area contributed by atoms with E-state index in [2.05, 4.69) is 4.98 Å². The molecule has 1 aliphatic carbocycles.